The summed E-state index contributed by atoms with van der Waals surface area (Å²) in [6, 6.07) is 0. The molecule has 1 saturated heterocycles. The molecule has 0 aromatic rings. The summed E-state index contributed by atoms with van der Waals surface area (Å²) < 4.78 is 12.0. The minimum absolute atomic E-state index is 0. The Labute approximate surface area is 204 Å². The van der Waals surface area contributed by atoms with Gasteiger partial charge in [-0.2, -0.15) is 40.5 Å². The van der Waals surface area contributed by atoms with Gasteiger partial charge in [-0.3, -0.25) is 0 Å². The van der Waals surface area contributed by atoms with Gasteiger partial charge in [-0.15, -0.1) is 0 Å². The Hall–Kier alpha value is 0.150. The van der Waals surface area contributed by atoms with Gasteiger partial charge in [0.15, 0.2) is 5.79 Å². The maximum absolute atomic E-state index is 11.4. The standard InChI is InChI=1S/C23H32O3.CH4.3H2S/c1-15(2)23(24)11-8-20-19-5-4-16-14-22(25-12-13-26-22)10-7-17(16)18(19)6-9-21(20,23)3;;;;/h6,19-20,24H,1,4-5,7-14H2,2-3H3;1H4;3*1H2/t19-,20+,21+,23-;;;;/m1..../s1. The SMILES string of the molecule is C.C=C(C)[C@]1(O)CC[C@H]2[C@@H]3CCC4=C(CCC5(C4)OCCO5)C3=CC[C@@]21C.S.S.S. The van der Waals surface area contributed by atoms with E-state index in [9.17, 15) is 5.11 Å². The Balaban J connectivity index is 0.00000112. The first-order chi connectivity index (χ1) is 12.4. The van der Waals surface area contributed by atoms with E-state index >= 15 is 0 Å². The van der Waals surface area contributed by atoms with Crippen LogP contribution in [0.25, 0.3) is 0 Å². The third kappa shape index (κ3) is 3.77. The molecule has 1 spiro atoms. The molecule has 6 heteroatoms. The summed E-state index contributed by atoms with van der Waals surface area (Å²) in [5.41, 5.74) is 4.99. The van der Waals surface area contributed by atoms with Crippen LogP contribution in [0.2, 0.25) is 0 Å². The molecule has 4 aliphatic carbocycles. The van der Waals surface area contributed by atoms with Crippen molar-refractivity contribution in [2.75, 3.05) is 13.2 Å². The first kappa shape index (κ1) is 28.2. The van der Waals surface area contributed by atoms with Crippen LogP contribution in [0.15, 0.2) is 34.9 Å². The second-order valence-electron chi connectivity index (χ2n) is 9.58. The number of aliphatic hydroxyl groups is 1. The number of hydrogen-bond donors (Lipinski definition) is 1. The van der Waals surface area contributed by atoms with Gasteiger partial charge in [-0.25, -0.2) is 0 Å². The van der Waals surface area contributed by atoms with E-state index in [0.29, 0.717) is 11.8 Å². The molecule has 0 aromatic heterocycles. The average molecular weight is 475 g/mol. The van der Waals surface area contributed by atoms with Gasteiger partial charge >= 0.3 is 0 Å². The van der Waals surface area contributed by atoms with E-state index in [1.807, 2.05) is 6.92 Å². The van der Waals surface area contributed by atoms with Crippen LogP contribution in [0.5, 0.6) is 0 Å². The van der Waals surface area contributed by atoms with Crippen molar-refractivity contribution < 1.29 is 14.6 Å². The van der Waals surface area contributed by atoms with Crippen LogP contribution in [-0.4, -0.2) is 29.7 Å². The van der Waals surface area contributed by atoms with Gasteiger partial charge in [0.25, 0.3) is 0 Å². The van der Waals surface area contributed by atoms with Crippen LogP contribution in [0.3, 0.4) is 0 Å². The Bertz CT molecular complexity index is 725. The van der Waals surface area contributed by atoms with Crippen LogP contribution in [-0.2, 0) is 9.47 Å². The van der Waals surface area contributed by atoms with Crippen molar-refractivity contribution in [3.05, 3.63) is 34.9 Å². The van der Waals surface area contributed by atoms with Crippen molar-refractivity contribution in [1.29, 1.82) is 0 Å². The summed E-state index contributed by atoms with van der Waals surface area (Å²) in [6.07, 6.45) is 10.9. The Morgan fingerprint density at radius 1 is 1.10 bits per heavy atom. The van der Waals surface area contributed by atoms with Crippen LogP contribution in [0.4, 0.5) is 0 Å². The summed E-state index contributed by atoms with van der Waals surface area (Å²) in [5.74, 6) is 0.872. The van der Waals surface area contributed by atoms with E-state index in [1.54, 1.807) is 16.7 Å². The maximum Gasteiger partial charge on any atom is 0.172 e. The molecule has 30 heavy (non-hydrogen) atoms. The second-order valence-corrected chi connectivity index (χ2v) is 9.58. The molecule has 174 valence electrons. The largest absolute Gasteiger partial charge is 0.385 e. The zero-order valence-corrected chi connectivity index (χ0v) is 20.8. The molecule has 5 rings (SSSR count). The number of hydrogen-bond acceptors (Lipinski definition) is 3. The number of fused-ring (bicyclic) bond motifs is 4. The van der Waals surface area contributed by atoms with Crippen molar-refractivity contribution in [3.8, 4) is 0 Å². The maximum atomic E-state index is 11.4. The Kier molecular flexibility index (Phi) is 8.98. The molecule has 0 aromatic carbocycles. The second kappa shape index (κ2) is 9.56. The monoisotopic (exact) mass is 474 g/mol. The molecule has 3 nitrogen and oxygen atoms in total. The van der Waals surface area contributed by atoms with Crippen molar-refractivity contribution in [2.45, 2.75) is 84.0 Å². The molecular weight excluding hydrogens is 432 g/mol. The highest BCUT2D eigenvalue weighted by molar-refractivity contribution is 7.59. The fourth-order valence-corrected chi connectivity index (χ4v) is 7.01. The van der Waals surface area contributed by atoms with Crippen molar-refractivity contribution >= 4 is 40.5 Å². The van der Waals surface area contributed by atoms with Crippen molar-refractivity contribution in [2.24, 2.45) is 17.3 Å². The first-order valence-corrected chi connectivity index (χ1v) is 10.5. The summed E-state index contributed by atoms with van der Waals surface area (Å²) in [7, 11) is 0. The Morgan fingerprint density at radius 2 is 1.77 bits per heavy atom. The lowest BCUT2D eigenvalue weighted by Crippen LogP contribution is -2.49. The molecule has 1 N–H and O–H groups in total. The lowest BCUT2D eigenvalue weighted by atomic mass is 9.55. The predicted molar refractivity (Wildman–Crippen MR) is 139 cm³/mol. The highest BCUT2D eigenvalue weighted by atomic mass is 32.1. The fourth-order valence-electron chi connectivity index (χ4n) is 7.01. The van der Waals surface area contributed by atoms with Gasteiger partial charge in [0.2, 0.25) is 0 Å². The quantitative estimate of drug-likeness (QED) is 0.499. The molecule has 5 aliphatic rings. The molecule has 0 radical (unpaired) electrons. The highest BCUT2D eigenvalue weighted by Crippen LogP contribution is 2.64. The molecule has 0 unspecified atom stereocenters. The molecule has 0 bridgehead atoms. The summed E-state index contributed by atoms with van der Waals surface area (Å²) in [5, 5.41) is 11.4. The van der Waals surface area contributed by atoms with E-state index in [4.69, 9.17) is 9.47 Å². The van der Waals surface area contributed by atoms with Gasteiger partial charge in [-0.1, -0.05) is 32.6 Å². The van der Waals surface area contributed by atoms with Crippen LogP contribution in [0, 0.1) is 17.3 Å². The number of ether oxygens (including phenoxy) is 2. The van der Waals surface area contributed by atoms with E-state index < -0.39 is 5.60 Å². The first-order valence-electron chi connectivity index (χ1n) is 10.5. The summed E-state index contributed by atoms with van der Waals surface area (Å²) >= 11 is 0. The molecule has 1 heterocycles. The van der Waals surface area contributed by atoms with E-state index in [2.05, 4.69) is 19.6 Å². The smallest absolute Gasteiger partial charge is 0.172 e. The van der Waals surface area contributed by atoms with Crippen LogP contribution >= 0.6 is 40.5 Å². The zero-order chi connectivity index (χ0) is 18.2. The average Bonchev–Trinajstić information content (AvgIpc) is 3.18. The summed E-state index contributed by atoms with van der Waals surface area (Å²) in [6.45, 7) is 9.96. The zero-order valence-electron chi connectivity index (χ0n) is 17.8. The summed E-state index contributed by atoms with van der Waals surface area (Å²) in [4.78, 5) is 0. The van der Waals surface area contributed by atoms with Crippen molar-refractivity contribution in [3.63, 3.8) is 0 Å². The van der Waals surface area contributed by atoms with Gasteiger partial charge in [0.05, 0.1) is 18.8 Å². The van der Waals surface area contributed by atoms with Crippen molar-refractivity contribution in [1.82, 2.24) is 0 Å². The lowest BCUT2D eigenvalue weighted by Gasteiger charge is -2.51. The van der Waals surface area contributed by atoms with Crippen LogP contribution in [0.1, 0.15) is 72.6 Å². The number of allylic oxidation sites excluding steroid dienone is 3. The minimum atomic E-state index is -0.698. The topological polar surface area (TPSA) is 38.7 Å². The van der Waals surface area contributed by atoms with Crippen LogP contribution < -0.4 is 0 Å². The molecule has 2 fully saturated rings. The molecule has 1 saturated carbocycles. The van der Waals surface area contributed by atoms with E-state index in [1.165, 1.54) is 12.8 Å². The minimum Gasteiger partial charge on any atom is -0.385 e. The van der Waals surface area contributed by atoms with Gasteiger partial charge in [0, 0.05) is 18.3 Å². The molecule has 1 aliphatic heterocycles. The van der Waals surface area contributed by atoms with Gasteiger partial charge in [-0.05, 0) is 74.0 Å². The normalized spacial score (nSPS) is 37.9. The third-order valence-electron chi connectivity index (χ3n) is 8.50. The van der Waals surface area contributed by atoms with Gasteiger partial charge < -0.3 is 14.6 Å². The van der Waals surface area contributed by atoms with E-state index in [-0.39, 0.29) is 59.1 Å². The highest BCUT2D eigenvalue weighted by Gasteiger charge is 2.60. The molecule has 0 amide bonds. The molecular formula is C24H42O3S3. The number of rotatable bonds is 1. The van der Waals surface area contributed by atoms with E-state index in [0.717, 1.165) is 57.3 Å². The lowest BCUT2D eigenvalue weighted by molar-refractivity contribution is -0.164. The Morgan fingerprint density at radius 3 is 2.40 bits per heavy atom. The fraction of sp³-hybridized carbons (Fsp3) is 0.750. The third-order valence-corrected chi connectivity index (χ3v) is 8.50. The predicted octanol–water partition coefficient (Wildman–Crippen LogP) is 5.65. The molecule has 4 atom stereocenters. The van der Waals surface area contributed by atoms with Gasteiger partial charge in [0.1, 0.15) is 0 Å².